The highest BCUT2D eigenvalue weighted by Crippen LogP contribution is 2.25. The number of hydrogen-bond acceptors (Lipinski definition) is 3. The van der Waals surface area contributed by atoms with Crippen molar-refractivity contribution in [1.82, 2.24) is 5.32 Å². The van der Waals surface area contributed by atoms with E-state index in [1.807, 2.05) is 36.4 Å². The lowest BCUT2D eigenvalue weighted by Gasteiger charge is -2.20. The molecule has 1 atom stereocenters. The van der Waals surface area contributed by atoms with Crippen LogP contribution in [0.5, 0.6) is 5.75 Å². The average molecular weight is 440 g/mol. The summed E-state index contributed by atoms with van der Waals surface area (Å²) in [5.41, 5.74) is 2.44. The van der Waals surface area contributed by atoms with Gasteiger partial charge < -0.3 is 10.1 Å². The number of rotatable bonds is 8. The van der Waals surface area contributed by atoms with E-state index in [-0.39, 0.29) is 11.3 Å². The summed E-state index contributed by atoms with van der Waals surface area (Å²) in [5, 5.41) is 4.04. The Morgan fingerprint density at radius 3 is 2.39 bits per heavy atom. The molecule has 2 aromatic carbocycles. The van der Waals surface area contributed by atoms with E-state index >= 15 is 0 Å². The second-order valence-corrected chi connectivity index (χ2v) is 9.55. The quantitative estimate of drug-likeness (QED) is 0.504. The normalized spacial score (nSPS) is 12.5. The fourth-order valence-corrected chi connectivity index (χ4v) is 3.63. The second-order valence-electron chi connectivity index (χ2n) is 7.63. The van der Waals surface area contributed by atoms with Crippen LogP contribution in [0.4, 0.5) is 0 Å². The lowest BCUT2D eigenvalue weighted by molar-refractivity contribution is -0.127. The van der Waals surface area contributed by atoms with Crippen molar-refractivity contribution in [2.75, 3.05) is 12.3 Å². The lowest BCUT2D eigenvalue weighted by atomic mass is 9.87. The highest BCUT2D eigenvalue weighted by atomic mass is 35.5. The fraction of sp³-hybridized carbons (Fsp3) is 0.409. The average Bonchev–Trinajstić information content (AvgIpc) is 2.63. The minimum atomic E-state index is -0.541. The first kappa shape index (κ1) is 22.9. The molecule has 2 rings (SSSR count). The van der Waals surface area contributed by atoms with Crippen molar-refractivity contribution >= 4 is 40.9 Å². The molecule has 0 unspecified atom stereocenters. The molecule has 0 heterocycles. The van der Waals surface area contributed by atoms with E-state index in [2.05, 4.69) is 26.1 Å². The molecule has 0 bridgehead atoms. The summed E-state index contributed by atoms with van der Waals surface area (Å²) in [6.07, 6.45) is -0.541. The van der Waals surface area contributed by atoms with Crippen LogP contribution in [0.2, 0.25) is 10.0 Å². The van der Waals surface area contributed by atoms with Gasteiger partial charge in [-0.15, -0.1) is 0 Å². The topological polar surface area (TPSA) is 38.3 Å². The van der Waals surface area contributed by atoms with Gasteiger partial charge in [-0.2, -0.15) is 11.8 Å². The van der Waals surface area contributed by atoms with Crippen LogP contribution in [0.15, 0.2) is 42.5 Å². The summed E-state index contributed by atoms with van der Waals surface area (Å²) < 4.78 is 5.75. The Hall–Kier alpha value is -1.36. The van der Waals surface area contributed by atoms with Gasteiger partial charge in [0.2, 0.25) is 0 Å². The van der Waals surface area contributed by atoms with E-state index in [1.165, 1.54) is 5.56 Å². The maximum atomic E-state index is 12.2. The van der Waals surface area contributed by atoms with Gasteiger partial charge in [0.05, 0.1) is 10.0 Å². The Morgan fingerprint density at radius 2 is 1.79 bits per heavy atom. The van der Waals surface area contributed by atoms with Crippen molar-refractivity contribution < 1.29 is 9.53 Å². The molecule has 1 amide bonds. The molecule has 0 aliphatic carbocycles. The maximum absolute atomic E-state index is 12.2. The summed E-state index contributed by atoms with van der Waals surface area (Å²) in [7, 11) is 0. The van der Waals surface area contributed by atoms with Crippen LogP contribution in [0.1, 0.15) is 38.8 Å². The van der Waals surface area contributed by atoms with Crippen molar-refractivity contribution in [3.8, 4) is 5.75 Å². The Balaban J connectivity index is 1.70. The van der Waals surface area contributed by atoms with Crippen LogP contribution < -0.4 is 10.1 Å². The van der Waals surface area contributed by atoms with Crippen LogP contribution in [-0.2, 0) is 16.0 Å². The van der Waals surface area contributed by atoms with Crippen molar-refractivity contribution in [3.05, 3.63) is 63.6 Å². The minimum absolute atomic E-state index is 0.0938. The van der Waals surface area contributed by atoms with Gasteiger partial charge in [-0.1, -0.05) is 62.2 Å². The van der Waals surface area contributed by atoms with Crippen molar-refractivity contribution in [3.63, 3.8) is 0 Å². The Bertz CT molecular complexity index is 788. The first-order valence-corrected chi connectivity index (χ1v) is 11.1. The van der Waals surface area contributed by atoms with Crippen LogP contribution in [0.25, 0.3) is 0 Å². The van der Waals surface area contributed by atoms with E-state index in [1.54, 1.807) is 24.8 Å². The molecule has 28 heavy (non-hydrogen) atoms. The third-order valence-corrected chi connectivity index (χ3v) is 5.97. The number of benzene rings is 2. The Morgan fingerprint density at radius 1 is 1.11 bits per heavy atom. The first-order chi connectivity index (χ1) is 13.2. The number of carbonyl (C=O) groups is 1. The summed E-state index contributed by atoms with van der Waals surface area (Å²) in [6.45, 7) is 8.84. The predicted octanol–water partition coefficient (Wildman–Crippen LogP) is 6.11. The molecule has 0 aliphatic heterocycles. The van der Waals surface area contributed by atoms with Crippen molar-refractivity contribution in [1.29, 1.82) is 0 Å². The van der Waals surface area contributed by atoms with E-state index in [9.17, 15) is 4.79 Å². The lowest BCUT2D eigenvalue weighted by Crippen LogP contribution is -2.37. The Kier molecular flexibility index (Phi) is 8.54. The number of nitrogens with one attached hydrogen (secondary N) is 1. The number of halogens is 2. The number of thioether (sulfide) groups is 1. The highest BCUT2D eigenvalue weighted by molar-refractivity contribution is 7.98. The standard InChI is InChI=1S/C22H27Cl2NO2S/c1-15(27-18-8-6-17(7-9-18)22(2,3)4)21(26)25-11-12-28-14-16-5-10-19(23)20(24)13-16/h5-10,13,15H,11-12,14H2,1-4H3,(H,25,26)/t15-/m0/s1. The molecule has 1 N–H and O–H groups in total. The molecule has 0 spiro atoms. The van der Waals surface area contributed by atoms with E-state index in [0.29, 0.717) is 22.3 Å². The summed E-state index contributed by atoms with van der Waals surface area (Å²) in [4.78, 5) is 12.2. The van der Waals surface area contributed by atoms with Crippen LogP contribution in [-0.4, -0.2) is 24.3 Å². The van der Waals surface area contributed by atoms with Gasteiger partial charge in [0.15, 0.2) is 6.10 Å². The van der Waals surface area contributed by atoms with Gasteiger partial charge in [-0.05, 0) is 47.7 Å². The molecule has 3 nitrogen and oxygen atoms in total. The van der Waals surface area contributed by atoms with Crippen LogP contribution >= 0.6 is 35.0 Å². The van der Waals surface area contributed by atoms with Crippen molar-refractivity contribution in [2.45, 2.75) is 45.0 Å². The molecule has 0 saturated heterocycles. The molecule has 0 aromatic heterocycles. The number of hydrogen-bond donors (Lipinski definition) is 1. The smallest absolute Gasteiger partial charge is 0.260 e. The zero-order valence-electron chi connectivity index (χ0n) is 16.7. The summed E-state index contributed by atoms with van der Waals surface area (Å²) >= 11 is 13.7. The molecule has 0 fully saturated rings. The number of amides is 1. The largest absolute Gasteiger partial charge is 0.481 e. The van der Waals surface area contributed by atoms with Gasteiger partial charge >= 0.3 is 0 Å². The van der Waals surface area contributed by atoms with E-state index in [0.717, 1.165) is 17.1 Å². The maximum Gasteiger partial charge on any atom is 0.260 e. The SMILES string of the molecule is C[C@H](Oc1ccc(C(C)(C)C)cc1)C(=O)NCCSCc1ccc(Cl)c(Cl)c1. The van der Waals surface area contributed by atoms with Gasteiger partial charge in [0, 0.05) is 18.1 Å². The third-order valence-electron chi connectivity index (χ3n) is 4.20. The molecule has 152 valence electrons. The van der Waals surface area contributed by atoms with Crippen LogP contribution in [0, 0.1) is 0 Å². The molecule has 0 aliphatic rings. The van der Waals surface area contributed by atoms with Gasteiger partial charge in [0.1, 0.15) is 5.75 Å². The van der Waals surface area contributed by atoms with E-state index in [4.69, 9.17) is 27.9 Å². The monoisotopic (exact) mass is 439 g/mol. The zero-order chi connectivity index (χ0) is 20.7. The predicted molar refractivity (Wildman–Crippen MR) is 121 cm³/mol. The van der Waals surface area contributed by atoms with Crippen LogP contribution in [0.3, 0.4) is 0 Å². The third kappa shape index (κ3) is 7.23. The van der Waals surface area contributed by atoms with Crippen molar-refractivity contribution in [2.24, 2.45) is 0 Å². The second kappa shape index (κ2) is 10.4. The van der Waals surface area contributed by atoms with Gasteiger partial charge in [-0.3, -0.25) is 4.79 Å². The molecular weight excluding hydrogens is 413 g/mol. The van der Waals surface area contributed by atoms with E-state index < -0.39 is 6.10 Å². The molecule has 6 heteroatoms. The molecular formula is C22H27Cl2NO2S. The zero-order valence-corrected chi connectivity index (χ0v) is 19.0. The molecule has 0 saturated carbocycles. The summed E-state index contributed by atoms with van der Waals surface area (Å²) in [6, 6.07) is 13.5. The van der Waals surface area contributed by atoms with Gasteiger partial charge in [-0.25, -0.2) is 0 Å². The molecule has 0 radical (unpaired) electrons. The van der Waals surface area contributed by atoms with Gasteiger partial charge in [0.25, 0.3) is 5.91 Å². The first-order valence-electron chi connectivity index (χ1n) is 9.23. The number of ether oxygens (including phenoxy) is 1. The number of carbonyl (C=O) groups excluding carboxylic acids is 1. The highest BCUT2D eigenvalue weighted by Gasteiger charge is 2.16. The summed E-state index contributed by atoms with van der Waals surface area (Å²) in [5.74, 6) is 2.21. The minimum Gasteiger partial charge on any atom is -0.481 e. The Labute approximate surface area is 182 Å². The fourth-order valence-electron chi connectivity index (χ4n) is 2.50. The molecule has 2 aromatic rings.